The zero-order chi connectivity index (χ0) is 28.8. The Bertz CT molecular complexity index is 1170. The molecule has 1 aromatic carbocycles. The highest BCUT2D eigenvalue weighted by molar-refractivity contribution is 5.96. The first-order valence-corrected chi connectivity index (χ1v) is 13.7. The van der Waals surface area contributed by atoms with Gasteiger partial charge in [0.15, 0.2) is 11.5 Å². The molecule has 2 amide bonds. The molecule has 40 heavy (non-hydrogen) atoms. The summed E-state index contributed by atoms with van der Waals surface area (Å²) in [4.78, 5) is 27.4. The van der Waals surface area contributed by atoms with E-state index < -0.39 is 48.7 Å². The number of benzene rings is 1. The number of carbonyl (C=O) groups excluding carboxylic acids is 2. The molecule has 12 heteroatoms. The van der Waals surface area contributed by atoms with Gasteiger partial charge in [-0.05, 0) is 60.8 Å². The van der Waals surface area contributed by atoms with Crippen molar-refractivity contribution in [3.8, 4) is 11.5 Å². The lowest BCUT2D eigenvalue weighted by Gasteiger charge is -2.41. The van der Waals surface area contributed by atoms with Gasteiger partial charge in [-0.3, -0.25) is 9.59 Å². The Morgan fingerprint density at radius 2 is 1.98 bits per heavy atom. The lowest BCUT2D eigenvalue weighted by molar-refractivity contribution is -0.171. The summed E-state index contributed by atoms with van der Waals surface area (Å²) >= 11 is 0. The van der Waals surface area contributed by atoms with Gasteiger partial charge in [0.25, 0.3) is 0 Å². The molecule has 0 radical (unpaired) electrons. The third kappa shape index (κ3) is 5.40. The van der Waals surface area contributed by atoms with Crippen LogP contribution in [0, 0.1) is 17.8 Å². The molecule has 220 valence electrons. The van der Waals surface area contributed by atoms with Crippen molar-refractivity contribution in [1.29, 1.82) is 0 Å². The first kappa shape index (κ1) is 28.7. The monoisotopic (exact) mass is 568 g/mol. The highest BCUT2D eigenvalue weighted by atomic mass is 19.4. The van der Waals surface area contributed by atoms with Crippen molar-refractivity contribution >= 4 is 11.8 Å². The molecular weight excluding hydrogens is 533 g/mol. The number of fused-ring (bicyclic) bond motifs is 5. The molecular formula is C28H35F3N2O7. The lowest BCUT2D eigenvalue weighted by Crippen LogP contribution is -2.57. The van der Waals surface area contributed by atoms with Crippen molar-refractivity contribution in [3.05, 3.63) is 34.9 Å². The minimum absolute atomic E-state index is 0.0000764. The van der Waals surface area contributed by atoms with Crippen LogP contribution in [0.2, 0.25) is 0 Å². The van der Waals surface area contributed by atoms with Crippen molar-refractivity contribution in [2.24, 2.45) is 17.8 Å². The van der Waals surface area contributed by atoms with Gasteiger partial charge in [-0.2, -0.15) is 13.2 Å². The predicted molar refractivity (Wildman–Crippen MR) is 135 cm³/mol. The van der Waals surface area contributed by atoms with Crippen LogP contribution in [0.3, 0.4) is 0 Å². The number of aliphatic hydroxyl groups excluding tert-OH is 3. The quantitative estimate of drug-likeness (QED) is 0.359. The number of methoxy groups -OCH3 is 1. The van der Waals surface area contributed by atoms with Gasteiger partial charge in [-0.15, -0.1) is 0 Å². The van der Waals surface area contributed by atoms with Crippen molar-refractivity contribution in [1.82, 2.24) is 10.2 Å². The first-order chi connectivity index (χ1) is 19.0. The minimum Gasteiger partial charge on any atom is -0.493 e. The zero-order valence-electron chi connectivity index (χ0n) is 22.2. The largest absolute Gasteiger partial charge is 0.493 e. The van der Waals surface area contributed by atoms with Crippen LogP contribution >= 0.6 is 0 Å². The van der Waals surface area contributed by atoms with E-state index in [1.54, 1.807) is 6.07 Å². The third-order valence-corrected chi connectivity index (χ3v) is 8.85. The van der Waals surface area contributed by atoms with Crippen LogP contribution in [0.5, 0.6) is 11.5 Å². The predicted octanol–water partition coefficient (Wildman–Crippen LogP) is 2.03. The average molecular weight is 569 g/mol. The fourth-order valence-electron chi connectivity index (χ4n) is 7.14. The van der Waals surface area contributed by atoms with Crippen molar-refractivity contribution in [2.75, 3.05) is 26.8 Å². The maximum absolute atomic E-state index is 13.8. The highest BCUT2D eigenvalue weighted by Gasteiger charge is 2.53. The molecule has 1 heterocycles. The van der Waals surface area contributed by atoms with E-state index in [4.69, 9.17) is 9.47 Å². The molecule has 4 aliphatic rings. The number of alkyl halides is 3. The number of hydrogen-bond donors (Lipinski definition) is 4. The van der Waals surface area contributed by atoms with Crippen LogP contribution < -0.4 is 14.8 Å². The maximum atomic E-state index is 13.8. The van der Waals surface area contributed by atoms with E-state index in [0.29, 0.717) is 27.9 Å². The van der Waals surface area contributed by atoms with E-state index in [1.807, 2.05) is 0 Å². The van der Waals surface area contributed by atoms with Gasteiger partial charge in [-0.1, -0.05) is 6.42 Å². The van der Waals surface area contributed by atoms with E-state index in [-0.39, 0.29) is 49.2 Å². The van der Waals surface area contributed by atoms with Crippen molar-refractivity contribution < 1.29 is 47.6 Å². The fraction of sp³-hybridized carbons (Fsp3) is 0.643. The van der Waals surface area contributed by atoms with Gasteiger partial charge in [0.1, 0.15) is 18.8 Å². The Hall–Kier alpha value is -2.83. The molecule has 7 atom stereocenters. The topological polar surface area (TPSA) is 129 Å². The summed E-state index contributed by atoms with van der Waals surface area (Å²) in [6.07, 6.45) is -2.52. The molecule has 2 bridgehead atoms. The van der Waals surface area contributed by atoms with Crippen LogP contribution in [0.1, 0.15) is 49.1 Å². The second-order valence-electron chi connectivity index (χ2n) is 11.3. The van der Waals surface area contributed by atoms with Gasteiger partial charge >= 0.3 is 6.18 Å². The van der Waals surface area contributed by atoms with Gasteiger partial charge in [0.2, 0.25) is 11.8 Å². The molecule has 9 nitrogen and oxygen atoms in total. The second-order valence-corrected chi connectivity index (χ2v) is 11.3. The highest BCUT2D eigenvalue weighted by Crippen LogP contribution is 2.52. The molecule has 2 saturated carbocycles. The summed E-state index contributed by atoms with van der Waals surface area (Å²) in [6, 6.07) is 1.64. The van der Waals surface area contributed by atoms with Crippen LogP contribution in [0.4, 0.5) is 13.2 Å². The molecule has 0 saturated heterocycles. The third-order valence-electron chi connectivity index (χ3n) is 8.85. The summed E-state index contributed by atoms with van der Waals surface area (Å²) in [5.41, 5.74) is 0.878. The van der Waals surface area contributed by atoms with Crippen LogP contribution in [-0.2, 0) is 16.2 Å². The molecule has 2 fully saturated rings. The number of nitrogens with zero attached hydrogens (tertiary/aromatic N) is 1. The number of halogens is 3. The molecule has 1 aromatic rings. The van der Waals surface area contributed by atoms with E-state index in [9.17, 15) is 38.1 Å². The Morgan fingerprint density at radius 3 is 2.58 bits per heavy atom. The van der Waals surface area contributed by atoms with Gasteiger partial charge < -0.3 is 35.0 Å². The number of amides is 2. The number of rotatable bonds is 9. The number of hydrogen-bond acceptors (Lipinski definition) is 7. The Labute approximate surface area is 229 Å². The van der Waals surface area contributed by atoms with E-state index in [2.05, 4.69) is 5.32 Å². The summed E-state index contributed by atoms with van der Waals surface area (Å²) in [5, 5.41) is 33.0. The molecule has 5 rings (SSSR count). The average Bonchev–Trinajstić information content (AvgIpc) is 3.64. The Balaban J connectivity index is 1.53. The van der Waals surface area contributed by atoms with E-state index in [1.165, 1.54) is 19.3 Å². The number of ether oxygens (including phenoxy) is 2. The first-order valence-electron chi connectivity index (χ1n) is 13.7. The number of carbonyl (C=O) groups is 2. The minimum atomic E-state index is -4.74. The number of aliphatic hydroxyl groups is 3. The number of nitrogens with one attached hydrogen (secondary N) is 1. The molecule has 0 aromatic heterocycles. The molecule has 7 unspecified atom stereocenters. The van der Waals surface area contributed by atoms with Crippen LogP contribution in [0.15, 0.2) is 23.8 Å². The van der Waals surface area contributed by atoms with Gasteiger partial charge in [0.05, 0.1) is 32.3 Å². The molecule has 4 N–H and O–H groups in total. The fourth-order valence-corrected chi connectivity index (χ4v) is 7.14. The Kier molecular flexibility index (Phi) is 8.04. The van der Waals surface area contributed by atoms with Gasteiger partial charge in [0, 0.05) is 24.1 Å². The lowest BCUT2D eigenvalue weighted by atomic mass is 9.77. The molecule has 1 aliphatic heterocycles. The van der Waals surface area contributed by atoms with Crippen LogP contribution in [0.25, 0.3) is 0 Å². The summed E-state index contributed by atoms with van der Waals surface area (Å²) < 4.78 is 52.9. The van der Waals surface area contributed by atoms with Gasteiger partial charge in [-0.25, -0.2) is 0 Å². The zero-order valence-corrected chi connectivity index (χ0v) is 22.2. The van der Waals surface area contributed by atoms with E-state index >= 15 is 0 Å². The standard InChI is InChI=1S/C28H35F3N2O7/c1-39-21-9-15(12-35)8-18-23-19(27(38)32-4-5-34)11-20(24(37)26(23)40-25(18)21)33(13-28(29,30)31)22(36)10-17-7-14-2-3-16(17)6-14/h8-9,11,14,16-17,20,23-24,26,34-35,37H,2-7,10,12-13H2,1H3,(H,32,38). The summed E-state index contributed by atoms with van der Waals surface area (Å²) in [5.74, 6) is -1.05. The van der Waals surface area contributed by atoms with Crippen molar-refractivity contribution in [3.63, 3.8) is 0 Å². The van der Waals surface area contributed by atoms with Crippen LogP contribution in [-0.4, -0.2) is 83.3 Å². The van der Waals surface area contributed by atoms with E-state index in [0.717, 1.165) is 25.7 Å². The Morgan fingerprint density at radius 1 is 1.20 bits per heavy atom. The maximum Gasteiger partial charge on any atom is 0.406 e. The van der Waals surface area contributed by atoms with Crippen molar-refractivity contribution in [2.45, 2.75) is 69.1 Å². The smallest absolute Gasteiger partial charge is 0.406 e. The molecule has 3 aliphatic carbocycles. The SMILES string of the molecule is COc1cc(CO)cc2c1OC1C2C(C(=O)NCCO)=CC(N(CC(F)(F)F)C(=O)CC2CC3CCC2C3)C1O. The summed E-state index contributed by atoms with van der Waals surface area (Å²) in [6.45, 7) is -2.40. The summed E-state index contributed by atoms with van der Waals surface area (Å²) in [7, 11) is 1.38. The molecule has 0 spiro atoms. The normalized spacial score (nSPS) is 30.3. The second kappa shape index (κ2) is 11.2.